The third kappa shape index (κ3) is 1.86. The molecule has 1 radical (unpaired) electrons. The molecule has 1 saturated heterocycles. The number of rotatable bonds is 2. The number of benzene rings is 1. The van der Waals surface area contributed by atoms with Gasteiger partial charge in [0.1, 0.15) is 0 Å². The molecule has 1 aromatic carbocycles. The van der Waals surface area contributed by atoms with Gasteiger partial charge in [-0.1, -0.05) is 30.3 Å². The Labute approximate surface area is 73.8 Å². The number of hydrogen-bond donors (Lipinski definition) is 1. The van der Waals surface area contributed by atoms with Crippen molar-refractivity contribution in [3.8, 4) is 0 Å². The van der Waals surface area contributed by atoms with Crippen LogP contribution in [0.25, 0.3) is 0 Å². The zero-order chi connectivity index (χ0) is 8.23. The normalized spacial score (nSPS) is 22.8. The second-order valence-electron chi connectivity index (χ2n) is 3.32. The van der Waals surface area contributed by atoms with Crippen LogP contribution in [0, 0.1) is 6.42 Å². The average Bonchev–Trinajstić information content (AvgIpc) is 2.59. The molecular weight excluding hydrogens is 146 g/mol. The summed E-state index contributed by atoms with van der Waals surface area (Å²) in [5.41, 5.74) is 1.44. The highest BCUT2D eigenvalue weighted by Crippen LogP contribution is 2.10. The summed E-state index contributed by atoms with van der Waals surface area (Å²) in [5, 5.41) is 3.45. The summed E-state index contributed by atoms with van der Waals surface area (Å²) in [6, 6.07) is 11.3. The van der Waals surface area contributed by atoms with Crippen LogP contribution in [0.5, 0.6) is 0 Å². The van der Waals surface area contributed by atoms with Gasteiger partial charge in [-0.3, -0.25) is 0 Å². The second kappa shape index (κ2) is 3.72. The third-order valence-electron chi connectivity index (χ3n) is 2.33. The van der Waals surface area contributed by atoms with Gasteiger partial charge in [-0.15, -0.1) is 0 Å². The minimum Gasteiger partial charge on any atom is -0.313 e. The van der Waals surface area contributed by atoms with Gasteiger partial charge < -0.3 is 5.32 Å². The van der Waals surface area contributed by atoms with Gasteiger partial charge in [0.25, 0.3) is 0 Å². The van der Waals surface area contributed by atoms with Crippen LogP contribution >= 0.6 is 0 Å². The summed E-state index contributed by atoms with van der Waals surface area (Å²) in [4.78, 5) is 0. The Balaban J connectivity index is 1.94. The molecule has 63 valence electrons. The Bertz CT molecular complexity index is 224. The van der Waals surface area contributed by atoms with Crippen molar-refractivity contribution < 1.29 is 0 Å². The van der Waals surface area contributed by atoms with Crippen molar-refractivity contribution in [2.45, 2.75) is 18.9 Å². The van der Waals surface area contributed by atoms with Crippen molar-refractivity contribution in [2.24, 2.45) is 0 Å². The van der Waals surface area contributed by atoms with E-state index in [0.717, 1.165) is 13.0 Å². The smallest absolute Gasteiger partial charge is 0.0111 e. The average molecular weight is 160 g/mol. The van der Waals surface area contributed by atoms with Crippen LogP contribution < -0.4 is 5.32 Å². The molecule has 1 aliphatic rings. The first kappa shape index (κ1) is 7.81. The van der Waals surface area contributed by atoms with Gasteiger partial charge in [0.2, 0.25) is 0 Å². The predicted octanol–water partition coefficient (Wildman–Crippen LogP) is 1.80. The second-order valence-corrected chi connectivity index (χ2v) is 3.32. The van der Waals surface area contributed by atoms with Crippen LogP contribution in [0.3, 0.4) is 0 Å². The molecule has 2 rings (SSSR count). The minimum absolute atomic E-state index is 0.674. The van der Waals surface area contributed by atoms with Gasteiger partial charge >= 0.3 is 0 Å². The molecule has 1 heterocycles. The highest BCUT2D eigenvalue weighted by molar-refractivity contribution is 5.16. The Kier molecular flexibility index (Phi) is 2.42. The quantitative estimate of drug-likeness (QED) is 0.695. The van der Waals surface area contributed by atoms with E-state index in [9.17, 15) is 0 Å². The number of nitrogens with one attached hydrogen (secondary N) is 1. The van der Waals surface area contributed by atoms with Crippen molar-refractivity contribution in [1.82, 2.24) is 5.32 Å². The van der Waals surface area contributed by atoms with Crippen molar-refractivity contribution >= 4 is 0 Å². The molecule has 0 amide bonds. The van der Waals surface area contributed by atoms with Crippen LogP contribution in [-0.2, 0) is 6.42 Å². The van der Waals surface area contributed by atoms with Crippen LogP contribution in [0.15, 0.2) is 30.3 Å². The SMILES string of the molecule is [CH]1CNC(Cc2ccccc2)C1. The van der Waals surface area contributed by atoms with Gasteiger partial charge in [0.15, 0.2) is 0 Å². The molecule has 0 saturated carbocycles. The van der Waals surface area contributed by atoms with Gasteiger partial charge in [-0.05, 0) is 31.4 Å². The summed E-state index contributed by atoms with van der Waals surface area (Å²) in [7, 11) is 0. The van der Waals surface area contributed by atoms with E-state index in [1.165, 1.54) is 12.0 Å². The fourth-order valence-electron chi connectivity index (χ4n) is 1.67. The van der Waals surface area contributed by atoms with E-state index in [0.29, 0.717) is 6.04 Å². The van der Waals surface area contributed by atoms with Crippen LogP contribution in [-0.4, -0.2) is 12.6 Å². The predicted molar refractivity (Wildman–Crippen MR) is 50.9 cm³/mol. The topological polar surface area (TPSA) is 12.0 Å². The van der Waals surface area contributed by atoms with Gasteiger partial charge in [0.05, 0.1) is 0 Å². The number of hydrogen-bond acceptors (Lipinski definition) is 1. The zero-order valence-corrected chi connectivity index (χ0v) is 7.16. The molecular formula is C11H14N. The van der Waals surface area contributed by atoms with Gasteiger partial charge in [-0.2, -0.15) is 0 Å². The first-order valence-electron chi connectivity index (χ1n) is 4.54. The monoisotopic (exact) mass is 160 g/mol. The Morgan fingerprint density at radius 2 is 2.08 bits per heavy atom. The largest absolute Gasteiger partial charge is 0.313 e. The van der Waals surface area contributed by atoms with Crippen molar-refractivity contribution in [1.29, 1.82) is 0 Å². The molecule has 1 unspecified atom stereocenters. The molecule has 1 aromatic rings. The first-order chi connectivity index (χ1) is 5.95. The molecule has 1 nitrogen and oxygen atoms in total. The Morgan fingerprint density at radius 1 is 1.25 bits per heavy atom. The maximum absolute atomic E-state index is 3.45. The summed E-state index contributed by atoms with van der Waals surface area (Å²) in [6.07, 6.45) is 4.69. The Morgan fingerprint density at radius 3 is 2.75 bits per heavy atom. The van der Waals surface area contributed by atoms with E-state index < -0.39 is 0 Å². The molecule has 1 fully saturated rings. The maximum Gasteiger partial charge on any atom is 0.0111 e. The van der Waals surface area contributed by atoms with Crippen LogP contribution in [0.2, 0.25) is 0 Å². The molecule has 1 aliphatic heterocycles. The molecule has 12 heavy (non-hydrogen) atoms. The molecule has 0 spiro atoms. The van der Waals surface area contributed by atoms with E-state index in [1.807, 2.05) is 0 Å². The molecule has 0 aromatic heterocycles. The molecule has 1 heteroatoms. The fourth-order valence-corrected chi connectivity index (χ4v) is 1.67. The van der Waals surface area contributed by atoms with Crippen molar-refractivity contribution in [2.75, 3.05) is 6.54 Å². The minimum atomic E-state index is 0.674. The highest BCUT2D eigenvalue weighted by atomic mass is 14.9. The lowest BCUT2D eigenvalue weighted by atomic mass is 10.1. The van der Waals surface area contributed by atoms with Crippen molar-refractivity contribution in [3.63, 3.8) is 0 Å². The van der Waals surface area contributed by atoms with Crippen molar-refractivity contribution in [3.05, 3.63) is 42.3 Å². The lowest BCUT2D eigenvalue weighted by Gasteiger charge is -2.08. The summed E-state index contributed by atoms with van der Waals surface area (Å²) in [6.45, 7) is 1.08. The first-order valence-corrected chi connectivity index (χ1v) is 4.54. The molecule has 0 bridgehead atoms. The lowest BCUT2D eigenvalue weighted by Crippen LogP contribution is -2.23. The summed E-state index contributed by atoms with van der Waals surface area (Å²) < 4.78 is 0. The standard InChI is InChI=1S/C11H14N/c1-2-5-10(6-3-1)9-11-7-4-8-12-11/h1-6,11-12H,7-9H2. The van der Waals surface area contributed by atoms with Crippen LogP contribution in [0.4, 0.5) is 0 Å². The molecule has 1 N–H and O–H groups in total. The maximum atomic E-state index is 3.45. The van der Waals surface area contributed by atoms with E-state index in [4.69, 9.17) is 0 Å². The lowest BCUT2D eigenvalue weighted by molar-refractivity contribution is 0.606. The third-order valence-corrected chi connectivity index (χ3v) is 2.33. The Hall–Kier alpha value is -0.820. The summed E-state index contributed by atoms with van der Waals surface area (Å²) >= 11 is 0. The zero-order valence-electron chi connectivity index (χ0n) is 7.16. The molecule has 1 atom stereocenters. The van der Waals surface area contributed by atoms with Crippen LogP contribution in [0.1, 0.15) is 12.0 Å². The fraction of sp³-hybridized carbons (Fsp3) is 0.364. The van der Waals surface area contributed by atoms with E-state index >= 15 is 0 Å². The van der Waals surface area contributed by atoms with E-state index in [-0.39, 0.29) is 0 Å². The van der Waals surface area contributed by atoms with Gasteiger partial charge in [-0.25, -0.2) is 0 Å². The van der Waals surface area contributed by atoms with Gasteiger partial charge in [0, 0.05) is 6.04 Å². The molecule has 0 aliphatic carbocycles. The van der Waals surface area contributed by atoms with E-state index in [1.54, 1.807) is 0 Å². The van der Waals surface area contributed by atoms with E-state index in [2.05, 4.69) is 42.1 Å². The highest BCUT2D eigenvalue weighted by Gasteiger charge is 2.13. The summed E-state index contributed by atoms with van der Waals surface area (Å²) in [5.74, 6) is 0.